The Hall–Kier alpha value is -2.63. The molecule has 0 aliphatic rings. The van der Waals surface area contributed by atoms with Gasteiger partial charge < -0.3 is 14.7 Å². The lowest BCUT2D eigenvalue weighted by Gasteiger charge is -1.93. The van der Waals surface area contributed by atoms with Crippen LogP contribution >= 0.6 is 0 Å². The maximum absolute atomic E-state index is 5.49. The van der Waals surface area contributed by atoms with Crippen molar-refractivity contribution in [3.05, 3.63) is 36.7 Å². The van der Waals surface area contributed by atoms with E-state index in [-0.39, 0.29) is 0 Å². The zero-order valence-corrected chi connectivity index (χ0v) is 8.70. The van der Waals surface area contributed by atoms with E-state index in [1.54, 1.807) is 36.7 Å². The van der Waals surface area contributed by atoms with Crippen molar-refractivity contribution in [3.8, 4) is 23.0 Å². The molecule has 0 radical (unpaired) electrons. The first-order valence-electron chi connectivity index (χ1n) is 4.92. The molecule has 3 heterocycles. The molecule has 0 saturated heterocycles. The van der Waals surface area contributed by atoms with Gasteiger partial charge in [0.25, 0.3) is 5.89 Å². The number of pyridine rings is 1. The Labute approximate surface area is 96.1 Å². The highest BCUT2D eigenvalue weighted by Gasteiger charge is 2.12. The van der Waals surface area contributed by atoms with Gasteiger partial charge in [0.05, 0.1) is 11.8 Å². The van der Waals surface area contributed by atoms with Crippen LogP contribution in [-0.4, -0.2) is 15.1 Å². The molecule has 3 aromatic rings. The SMILES string of the molecule is Nc1ccc(-c2nc(-c3ccco3)no2)cn1. The van der Waals surface area contributed by atoms with Crippen molar-refractivity contribution in [2.45, 2.75) is 0 Å². The predicted octanol–water partition coefficient (Wildman–Crippen LogP) is 1.97. The third kappa shape index (κ3) is 1.76. The van der Waals surface area contributed by atoms with Crippen LogP contribution in [0.5, 0.6) is 0 Å². The average molecular weight is 228 g/mol. The highest BCUT2D eigenvalue weighted by molar-refractivity contribution is 5.56. The van der Waals surface area contributed by atoms with Crippen molar-refractivity contribution in [1.82, 2.24) is 15.1 Å². The van der Waals surface area contributed by atoms with Crippen LogP contribution in [-0.2, 0) is 0 Å². The van der Waals surface area contributed by atoms with Crippen LogP contribution in [0.15, 0.2) is 45.7 Å². The van der Waals surface area contributed by atoms with Gasteiger partial charge in [-0.1, -0.05) is 5.16 Å². The first-order chi connectivity index (χ1) is 8.33. The number of nitrogens with zero attached hydrogens (tertiary/aromatic N) is 3. The van der Waals surface area contributed by atoms with Crippen LogP contribution in [0.3, 0.4) is 0 Å². The van der Waals surface area contributed by atoms with E-state index in [1.807, 2.05) is 0 Å². The first kappa shape index (κ1) is 9.59. The fourth-order valence-corrected chi connectivity index (χ4v) is 1.38. The summed E-state index contributed by atoms with van der Waals surface area (Å²) in [6, 6.07) is 6.96. The molecule has 2 N–H and O–H groups in total. The predicted molar refractivity (Wildman–Crippen MR) is 59.6 cm³/mol. The van der Waals surface area contributed by atoms with Crippen molar-refractivity contribution in [2.75, 3.05) is 5.73 Å². The van der Waals surface area contributed by atoms with Crippen molar-refractivity contribution in [3.63, 3.8) is 0 Å². The van der Waals surface area contributed by atoms with Gasteiger partial charge >= 0.3 is 0 Å². The molecule has 0 aliphatic carbocycles. The molecule has 6 nitrogen and oxygen atoms in total. The lowest BCUT2D eigenvalue weighted by atomic mass is 10.3. The molecule has 0 bridgehead atoms. The van der Waals surface area contributed by atoms with Crippen LogP contribution in [0, 0.1) is 0 Å². The van der Waals surface area contributed by atoms with E-state index in [0.717, 1.165) is 0 Å². The normalized spacial score (nSPS) is 10.6. The number of rotatable bonds is 2. The number of furan rings is 1. The Kier molecular flexibility index (Phi) is 2.11. The standard InChI is InChI=1S/C11H8N4O2/c12-9-4-3-7(6-13-9)11-14-10(15-17-11)8-2-1-5-16-8/h1-6H,(H2,12,13). The molecule has 3 rings (SSSR count). The van der Waals surface area contributed by atoms with E-state index < -0.39 is 0 Å². The molecule has 0 spiro atoms. The largest absolute Gasteiger partial charge is 0.461 e. The third-order valence-corrected chi connectivity index (χ3v) is 2.20. The lowest BCUT2D eigenvalue weighted by Crippen LogP contribution is -1.88. The summed E-state index contributed by atoms with van der Waals surface area (Å²) in [4.78, 5) is 8.15. The number of aromatic nitrogens is 3. The Bertz CT molecular complexity index is 613. The molecule has 0 fully saturated rings. The van der Waals surface area contributed by atoms with E-state index in [1.165, 1.54) is 0 Å². The minimum atomic E-state index is 0.379. The highest BCUT2D eigenvalue weighted by atomic mass is 16.5. The minimum Gasteiger partial charge on any atom is -0.461 e. The molecular formula is C11H8N4O2. The van der Waals surface area contributed by atoms with Crippen molar-refractivity contribution in [1.29, 1.82) is 0 Å². The van der Waals surface area contributed by atoms with Crippen LogP contribution in [0.1, 0.15) is 0 Å². The molecule has 3 aromatic heterocycles. The van der Waals surface area contributed by atoms with Crippen LogP contribution in [0.4, 0.5) is 5.82 Å². The third-order valence-electron chi connectivity index (χ3n) is 2.20. The summed E-state index contributed by atoms with van der Waals surface area (Å²) in [5.41, 5.74) is 6.21. The maximum atomic E-state index is 5.49. The Morgan fingerprint density at radius 3 is 2.82 bits per heavy atom. The summed E-state index contributed by atoms with van der Waals surface area (Å²) in [5.74, 6) is 1.79. The number of nitrogen functional groups attached to an aromatic ring is 1. The molecular weight excluding hydrogens is 220 g/mol. The van der Waals surface area contributed by atoms with E-state index in [0.29, 0.717) is 28.9 Å². The Morgan fingerprint density at radius 2 is 2.12 bits per heavy atom. The summed E-state index contributed by atoms with van der Waals surface area (Å²) in [5, 5.41) is 3.82. The smallest absolute Gasteiger partial charge is 0.259 e. The highest BCUT2D eigenvalue weighted by Crippen LogP contribution is 2.21. The van der Waals surface area contributed by atoms with Gasteiger partial charge in [-0.2, -0.15) is 4.98 Å². The first-order valence-corrected chi connectivity index (χ1v) is 4.92. The summed E-state index contributed by atoms with van der Waals surface area (Å²) in [7, 11) is 0. The number of hydrogen-bond acceptors (Lipinski definition) is 6. The Morgan fingerprint density at radius 1 is 1.18 bits per heavy atom. The average Bonchev–Trinajstić information content (AvgIpc) is 3.00. The van der Waals surface area contributed by atoms with E-state index >= 15 is 0 Å². The number of nitrogens with two attached hydrogens (primary N) is 1. The lowest BCUT2D eigenvalue weighted by molar-refractivity contribution is 0.429. The number of anilines is 1. The van der Waals surface area contributed by atoms with Gasteiger partial charge in [-0.25, -0.2) is 4.98 Å². The zero-order chi connectivity index (χ0) is 11.7. The second-order valence-corrected chi connectivity index (χ2v) is 3.37. The summed E-state index contributed by atoms with van der Waals surface area (Å²) in [6.45, 7) is 0. The fourth-order valence-electron chi connectivity index (χ4n) is 1.38. The molecule has 0 aliphatic heterocycles. The monoisotopic (exact) mass is 228 g/mol. The van der Waals surface area contributed by atoms with Crippen molar-refractivity contribution in [2.24, 2.45) is 0 Å². The van der Waals surface area contributed by atoms with Crippen LogP contribution in [0.25, 0.3) is 23.0 Å². The molecule has 0 unspecified atom stereocenters. The van der Waals surface area contributed by atoms with Gasteiger partial charge in [0.1, 0.15) is 5.82 Å². The summed E-state index contributed by atoms with van der Waals surface area (Å²) < 4.78 is 10.3. The summed E-state index contributed by atoms with van der Waals surface area (Å²) in [6.07, 6.45) is 3.13. The van der Waals surface area contributed by atoms with E-state index in [4.69, 9.17) is 14.7 Å². The maximum Gasteiger partial charge on any atom is 0.259 e. The second-order valence-electron chi connectivity index (χ2n) is 3.37. The van der Waals surface area contributed by atoms with Gasteiger partial charge in [0.15, 0.2) is 5.76 Å². The minimum absolute atomic E-state index is 0.379. The van der Waals surface area contributed by atoms with E-state index in [2.05, 4.69) is 15.1 Å². The van der Waals surface area contributed by atoms with Gasteiger partial charge in [-0.3, -0.25) is 0 Å². The Balaban J connectivity index is 1.98. The van der Waals surface area contributed by atoms with E-state index in [9.17, 15) is 0 Å². The van der Waals surface area contributed by atoms with Crippen LogP contribution in [0.2, 0.25) is 0 Å². The number of hydrogen-bond donors (Lipinski definition) is 1. The van der Waals surface area contributed by atoms with Gasteiger partial charge in [0.2, 0.25) is 5.82 Å². The molecule has 0 saturated carbocycles. The van der Waals surface area contributed by atoms with Crippen LogP contribution < -0.4 is 5.73 Å². The molecule has 0 aromatic carbocycles. The van der Waals surface area contributed by atoms with Gasteiger partial charge in [-0.15, -0.1) is 0 Å². The molecule has 17 heavy (non-hydrogen) atoms. The quantitative estimate of drug-likeness (QED) is 0.721. The topological polar surface area (TPSA) is 91.0 Å². The zero-order valence-electron chi connectivity index (χ0n) is 8.70. The molecule has 84 valence electrons. The fraction of sp³-hybridized carbons (Fsp3) is 0. The van der Waals surface area contributed by atoms with Crippen molar-refractivity contribution < 1.29 is 8.94 Å². The van der Waals surface area contributed by atoms with Gasteiger partial charge in [-0.05, 0) is 24.3 Å². The second kappa shape index (κ2) is 3.75. The molecule has 0 atom stereocenters. The van der Waals surface area contributed by atoms with Crippen molar-refractivity contribution >= 4 is 5.82 Å². The molecule has 6 heteroatoms. The van der Waals surface area contributed by atoms with Gasteiger partial charge in [0, 0.05) is 6.20 Å². The summed E-state index contributed by atoms with van der Waals surface area (Å²) >= 11 is 0. The molecule has 0 amide bonds.